The van der Waals surface area contributed by atoms with E-state index in [-0.39, 0.29) is 18.4 Å². The fraction of sp³-hybridized carbons (Fsp3) is 0.400. The first-order valence-corrected chi connectivity index (χ1v) is 10.8. The van der Waals surface area contributed by atoms with Crippen molar-refractivity contribution in [3.05, 3.63) is 71.4 Å². The van der Waals surface area contributed by atoms with E-state index < -0.39 is 17.7 Å². The number of carbonyl (C=O) groups is 1. The Labute approximate surface area is 180 Å². The van der Waals surface area contributed by atoms with Gasteiger partial charge in [-0.15, -0.1) is 0 Å². The van der Waals surface area contributed by atoms with E-state index in [9.17, 15) is 18.0 Å². The molecule has 0 spiro atoms. The minimum absolute atomic E-state index is 0.109. The predicted octanol–water partition coefficient (Wildman–Crippen LogP) is 6.17. The van der Waals surface area contributed by atoms with Crippen molar-refractivity contribution in [3.63, 3.8) is 0 Å². The monoisotopic (exact) mass is 428 g/mol. The average molecular weight is 428 g/mol. The van der Waals surface area contributed by atoms with Crippen LogP contribution in [0.2, 0.25) is 0 Å². The molecule has 2 aromatic carbocycles. The third kappa shape index (κ3) is 4.78. The molecule has 0 saturated heterocycles. The minimum atomic E-state index is -4.43. The number of benzene rings is 2. The number of alkyl halides is 3. The summed E-state index contributed by atoms with van der Waals surface area (Å²) in [5, 5.41) is 4.08. The number of halogens is 3. The normalized spacial score (nSPS) is 16.4. The first-order chi connectivity index (χ1) is 14.8. The van der Waals surface area contributed by atoms with Gasteiger partial charge in [0.15, 0.2) is 0 Å². The van der Waals surface area contributed by atoms with Gasteiger partial charge < -0.3 is 9.88 Å². The fourth-order valence-corrected chi connectivity index (χ4v) is 4.71. The van der Waals surface area contributed by atoms with E-state index in [1.807, 2.05) is 42.1 Å². The SMILES string of the molecule is Cn1cc([C@H](CC(=O)NC2CCCCC2)c2cccc(C(F)(F)F)c2)c2ccccc21. The highest BCUT2D eigenvalue weighted by Gasteiger charge is 2.32. The standard InChI is InChI=1S/C25H27F3N2O/c1-30-16-22(20-12-5-6-13-23(20)30)21(15-24(31)29-19-10-3-2-4-11-19)17-8-7-9-18(14-17)25(26,27)28/h5-9,12-14,16,19,21H,2-4,10-11,15H2,1H3,(H,29,31)/t21-/m1/s1. The summed E-state index contributed by atoms with van der Waals surface area (Å²) in [6.07, 6.45) is 2.95. The predicted molar refractivity (Wildman–Crippen MR) is 116 cm³/mol. The maximum Gasteiger partial charge on any atom is 0.416 e. The molecule has 1 aliphatic carbocycles. The van der Waals surface area contributed by atoms with Gasteiger partial charge >= 0.3 is 6.18 Å². The first-order valence-electron chi connectivity index (χ1n) is 10.8. The van der Waals surface area contributed by atoms with Gasteiger partial charge in [-0.3, -0.25) is 4.79 Å². The molecule has 1 heterocycles. The van der Waals surface area contributed by atoms with E-state index in [1.54, 1.807) is 6.07 Å². The molecular weight excluding hydrogens is 401 g/mol. The van der Waals surface area contributed by atoms with Crippen LogP contribution in [0.4, 0.5) is 13.2 Å². The number of amides is 1. The van der Waals surface area contributed by atoms with Gasteiger partial charge in [0.1, 0.15) is 0 Å². The largest absolute Gasteiger partial charge is 0.416 e. The summed E-state index contributed by atoms with van der Waals surface area (Å²) in [5.41, 5.74) is 1.67. The van der Waals surface area contributed by atoms with Crippen molar-refractivity contribution in [1.82, 2.24) is 9.88 Å². The number of nitrogens with zero attached hydrogens (tertiary/aromatic N) is 1. The van der Waals surface area contributed by atoms with Crippen LogP contribution in [0.15, 0.2) is 54.7 Å². The van der Waals surface area contributed by atoms with Crippen LogP contribution >= 0.6 is 0 Å². The van der Waals surface area contributed by atoms with Gasteiger partial charge in [-0.25, -0.2) is 0 Å². The summed E-state index contributed by atoms with van der Waals surface area (Å²) in [7, 11) is 1.91. The second-order valence-electron chi connectivity index (χ2n) is 8.49. The van der Waals surface area contributed by atoms with Gasteiger partial charge in [-0.05, 0) is 36.1 Å². The molecule has 1 aliphatic rings. The van der Waals surface area contributed by atoms with Crippen LogP contribution in [0.25, 0.3) is 10.9 Å². The Morgan fingerprint density at radius 1 is 1.10 bits per heavy atom. The smallest absolute Gasteiger partial charge is 0.353 e. The van der Waals surface area contributed by atoms with E-state index >= 15 is 0 Å². The second-order valence-corrected chi connectivity index (χ2v) is 8.49. The number of para-hydroxylation sites is 1. The van der Waals surface area contributed by atoms with Crippen molar-refractivity contribution in [2.45, 2.75) is 56.7 Å². The Morgan fingerprint density at radius 2 is 1.84 bits per heavy atom. The zero-order chi connectivity index (χ0) is 22.0. The lowest BCUT2D eigenvalue weighted by molar-refractivity contribution is -0.137. The van der Waals surface area contributed by atoms with Crippen molar-refractivity contribution in [1.29, 1.82) is 0 Å². The molecule has 0 unspecified atom stereocenters. The van der Waals surface area contributed by atoms with Crippen molar-refractivity contribution in [2.75, 3.05) is 0 Å². The zero-order valence-corrected chi connectivity index (χ0v) is 17.6. The zero-order valence-electron chi connectivity index (χ0n) is 17.6. The van der Waals surface area contributed by atoms with Gasteiger partial charge in [-0.2, -0.15) is 13.2 Å². The Kier molecular flexibility index (Phi) is 6.08. The highest BCUT2D eigenvalue weighted by Crippen LogP contribution is 2.37. The molecule has 1 aromatic heterocycles. The van der Waals surface area contributed by atoms with E-state index in [4.69, 9.17) is 0 Å². The lowest BCUT2D eigenvalue weighted by Crippen LogP contribution is -2.36. The molecule has 1 saturated carbocycles. The molecular formula is C25H27F3N2O. The lowest BCUT2D eigenvalue weighted by Gasteiger charge is -2.24. The van der Waals surface area contributed by atoms with E-state index in [2.05, 4.69) is 5.32 Å². The van der Waals surface area contributed by atoms with Crippen LogP contribution in [0, 0.1) is 0 Å². The number of fused-ring (bicyclic) bond motifs is 1. The van der Waals surface area contributed by atoms with E-state index in [0.29, 0.717) is 5.56 Å². The molecule has 0 radical (unpaired) electrons. The highest BCUT2D eigenvalue weighted by molar-refractivity contribution is 5.86. The summed E-state index contributed by atoms with van der Waals surface area (Å²) in [6.45, 7) is 0. The third-order valence-corrected chi connectivity index (χ3v) is 6.28. The van der Waals surface area contributed by atoms with Gasteiger partial charge in [0.05, 0.1) is 5.56 Å². The Bertz CT molecular complexity index is 1060. The molecule has 6 heteroatoms. The third-order valence-electron chi connectivity index (χ3n) is 6.28. The van der Waals surface area contributed by atoms with Crippen molar-refractivity contribution in [3.8, 4) is 0 Å². The number of nitrogens with one attached hydrogen (secondary N) is 1. The molecule has 1 atom stereocenters. The Balaban J connectivity index is 1.71. The topological polar surface area (TPSA) is 34.0 Å². The fourth-order valence-electron chi connectivity index (χ4n) is 4.71. The lowest BCUT2D eigenvalue weighted by atomic mass is 9.86. The van der Waals surface area contributed by atoms with Crippen LogP contribution in [-0.2, 0) is 18.0 Å². The Hall–Kier alpha value is -2.76. The molecule has 3 nitrogen and oxygen atoms in total. The number of hydrogen-bond acceptors (Lipinski definition) is 1. The number of carbonyl (C=O) groups excluding carboxylic acids is 1. The summed E-state index contributed by atoms with van der Waals surface area (Å²) < 4.78 is 42.1. The molecule has 31 heavy (non-hydrogen) atoms. The van der Waals surface area contributed by atoms with Crippen LogP contribution in [0.3, 0.4) is 0 Å². The van der Waals surface area contributed by atoms with Gasteiger partial charge in [0, 0.05) is 42.5 Å². The van der Waals surface area contributed by atoms with Gasteiger partial charge in [-0.1, -0.05) is 55.7 Å². The van der Waals surface area contributed by atoms with E-state index in [0.717, 1.165) is 48.2 Å². The van der Waals surface area contributed by atoms with Crippen LogP contribution in [0.5, 0.6) is 0 Å². The molecule has 0 aliphatic heterocycles. The molecule has 1 N–H and O–H groups in total. The van der Waals surface area contributed by atoms with Crippen LogP contribution in [0.1, 0.15) is 61.1 Å². The van der Waals surface area contributed by atoms with Crippen molar-refractivity contribution >= 4 is 16.8 Å². The minimum Gasteiger partial charge on any atom is -0.353 e. The number of aryl methyl sites for hydroxylation is 1. The second kappa shape index (κ2) is 8.77. The van der Waals surface area contributed by atoms with Crippen molar-refractivity contribution in [2.24, 2.45) is 7.05 Å². The maximum atomic E-state index is 13.4. The van der Waals surface area contributed by atoms with Crippen LogP contribution in [-0.4, -0.2) is 16.5 Å². The quantitative estimate of drug-likeness (QED) is 0.518. The van der Waals surface area contributed by atoms with Gasteiger partial charge in [0.25, 0.3) is 0 Å². The maximum absolute atomic E-state index is 13.4. The molecule has 3 aromatic rings. The first kappa shape index (κ1) is 21.5. The number of rotatable bonds is 5. The molecule has 164 valence electrons. The average Bonchev–Trinajstić information content (AvgIpc) is 3.09. The summed E-state index contributed by atoms with van der Waals surface area (Å²) in [6, 6.07) is 13.3. The van der Waals surface area contributed by atoms with Crippen LogP contribution < -0.4 is 5.32 Å². The summed E-state index contributed by atoms with van der Waals surface area (Å²) in [5.74, 6) is -0.570. The molecule has 0 bridgehead atoms. The Morgan fingerprint density at radius 3 is 2.58 bits per heavy atom. The van der Waals surface area contributed by atoms with Gasteiger partial charge in [0.2, 0.25) is 5.91 Å². The molecule has 1 fully saturated rings. The van der Waals surface area contributed by atoms with Crippen molar-refractivity contribution < 1.29 is 18.0 Å². The number of hydrogen-bond donors (Lipinski definition) is 1. The number of aromatic nitrogens is 1. The molecule has 1 amide bonds. The summed E-state index contributed by atoms with van der Waals surface area (Å²) in [4.78, 5) is 13.0. The highest BCUT2D eigenvalue weighted by atomic mass is 19.4. The summed E-state index contributed by atoms with van der Waals surface area (Å²) >= 11 is 0. The molecule has 4 rings (SSSR count). The van der Waals surface area contributed by atoms with E-state index in [1.165, 1.54) is 18.6 Å².